The smallest absolute Gasteiger partial charge is 0.276 e. The van der Waals surface area contributed by atoms with Crippen LogP contribution < -0.4 is 5.32 Å². The summed E-state index contributed by atoms with van der Waals surface area (Å²) in [7, 11) is 1.60. The number of amides is 1. The minimum absolute atomic E-state index is 0.114. The molecule has 100 valence electrons. The highest BCUT2D eigenvalue weighted by atomic mass is 35.5. The number of anilines is 1. The van der Waals surface area contributed by atoms with Crippen LogP contribution in [0, 0.1) is 0 Å². The molecular weight excluding hydrogens is 280 g/mol. The van der Waals surface area contributed by atoms with Gasteiger partial charge in [-0.15, -0.1) is 5.10 Å². The number of aryl methyl sites for hydroxylation is 1. The second-order valence-electron chi connectivity index (χ2n) is 4.08. The molecule has 2 heterocycles. The Morgan fingerprint density at radius 1 is 1.35 bits per heavy atom. The number of halogens is 1. The Morgan fingerprint density at radius 2 is 2.15 bits per heavy atom. The first-order valence-electron chi connectivity index (χ1n) is 5.74. The van der Waals surface area contributed by atoms with Crippen molar-refractivity contribution in [2.45, 2.75) is 0 Å². The molecule has 0 aliphatic carbocycles. The molecule has 0 fully saturated rings. The average Bonchev–Trinajstić information content (AvgIpc) is 2.84. The van der Waals surface area contributed by atoms with E-state index >= 15 is 0 Å². The fourth-order valence-corrected chi connectivity index (χ4v) is 2.04. The summed E-state index contributed by atoms with van der Waals surface area (Å²) in [5.74, 6) is -0.325. The summed E-state index contributed by atoms with van der Waals surface area (Å²) in [5.41, 5.74) is 0.196. The van der Waals surface area contributed by atoms with Gasteiger partial charge in [0, 0.05) is 5.39 Å². The fraction of sp³-hybridized carbons (Fsp3) is 0.0833. The maximum absolute atomic E-state index is 12.1. The monoisotopic (exact) mass is 288 g/mol. The summed E-state index contributed by atoms with van der Waals surface area (Å²) in [6.45, 7) is 0. The molecule has 1 amide bonds. The van der Waals surface area contributed by atoms with E-state index in [0.717, 1.165) is 10.8 Å². The normalized spacial score (nSPS) is 10.7. The van der Waals surface area contributed by atoms with Gasteiger partial charge in [-0.2, -0.15) is 4.80 Å². The lowest BCUT2D eigenvalue weighted by Gasteiger charge is -2.04. The first-order valence-corrected chi connectivity index (χ1v) is 6.12. The molecule has 3 aromatic rings. The largest absolute Gasteiger partial charge is 0.286 e. The number of rotatable bonds is 2. The Balaban J connectivity index is 1.95. The summed E-state index contributed by atoms with van der Waals surface area (Å²) in [6.07, 6.45) is 0. The van der Waals surface area contributed by atoms with Gasteiger partial charge in [-0.3, -0.25) is 10.1 Å². The van der Waals surface area contributed by atoms with Crippen molar-refractivity contribution in [1.82, 2.24) is 25.2 Å². The number of fused-ring (bicyclic) bond motifs is 1. The highest BCUT2D eigenvalue weighted by Crippen LogP contribution is 2.22. The Hall–Kier alpha value is -2.54. The Labute approximate surface area is 118 Å². The summed E-state index contributed by atoms with van der Waals surface area (Å²) < 4.78 is 0. The van der Waals surface area contributed by atoms with Gasteiger partial charge in [-0.05, 0) is 16.7 Å². The van der Waals surface area contributed by atoms with Gasteiger partial charge in [-0.1, -0.05) is 41.0 Å². The third kappa shape index (κ3) is 2.30. The van der Waals surface area contributed by atoms with E-state index in [-0.39, 0.29) is 16.8 Å². The number of nitrogens with one attached hydrogen (secondary N) is 1. The standard InChI is InChI=1S/C12H9ClN6O/c1-19-17-12(16-18-19)15-11(20)9-6-7-4-2-3-5-8(7)10(13)14-9/h2-6H,1H3,(H,15,17,20). The minimum atomic E-state index is -0.439. The maximum Gasteiger partial charge on any atom is 0.276 e. The van der Waals surface area contributed by atoms with Gasteiger partial charge in [0.15, 0.2) is 0 Å². The molecule has 0 radical (unpaired) electrons. The van der Waals surface area contributed by atoms with Crippen LogP contribution in [-0.2, 0) is 7.05 Å². The van der Waals surface area contributed by atoms with Gasteiger partial charge in [-0.25, -0.2) is 4.98 Å². The van der Waals surface area contributed by atoms with Gasteiger partial charge in [0.25, 0.3) is 11.9 Å². The first kappa shape index (κ1) is 12.5. The first-order chi connectivity index (χ1) is 9.63. The second-order valence-corrected chi connectivity index (χ2v) is 4.43. The van der Waals surface area contributed by atoms with Crippen LogP contribution in [0.25, 0.3) is 10.8 Å². The lowest BCUT2D eigenvalue weighted by molar-refractivity contribution is 0.102. The van der Waals surface area contributed by atoms with E-state index < -0.39 is 5.91 Å². The van der Waals surface area contributed by atoms with Crippen molar-refractivity contribution in [3.8, 4) is 0 Å². The number of aromatic nitrogens is 5. The zero-order valence-corrected chi connectivity index (χ0v) is 11.2. The van der Waals surface area contributed by atoms with E-state index in [4.69, 9.17) is 11.6 Å². The van der Waals surface area contributed by atoms with E-state index in [2.05, 4.69) is 25.7 Å². The number of carbonyl (C=O) groups is 1. The zero-order chi connectivity index (χ0) is 14.1. The number of carbonyl (C=O) groups excluding carboxylic acids is 1. The zero-order valence-electron chi connectivity index (χ0n) is 10.4. The van der Waals surface area contributed by atoms with Crippen LogP contribution >= 0.6 is 11.6 Å². The molecule has 0 aliphatic heterocycles. The molecule has 0 aliphatic rings. The van der Waals surface area contributed by atoms with Crippen LogP contribution in [0.15, 0.2) is 30.3 Å². The predicted octanol–water partition coefficient (Wildman–Crippen LogP) is 1.66. The number of hydrogen-bond acceptors (Lipinski definition) is 5. The summed E-state index contributed by atoms with van der Waals surface area (Å²) >= 11 is 6.07. The lowest BCUT2D eigenvalue weighted by atomic mass is 10.1. The quantitative estimate of drug-likeness (QED) is 0.725. The van der Waals surface area contributed by atoms with E-state index in [0.29, 0.717) is 0 Å². The molecule has 0 saturated heterocycles. The van der Waals surface area contributed by atoms with Crippen LogP contribution in [-0.4, -0.2) is 31.1 Å². The molecule has 2 aromatic heterocycles. The Morgan fingerprint density at radius 3 is 2.90 bits per heavy atom. The van der Waals surface area contributed by atoms with Crippen LogP contribution in [0.4, 0.5) is 5.95 Å². The maximum atomic E-state index is 12.1. The molecule has 20 heavy (non-hydrogen) atoms. The van der Waals surface area contributed by atoms with Crippen molar-refractivity contribution in [2.75, 3.05) is 5.32 Å². The highest BCUT2D eigenvalue weighted by Gasteiger charge is 2.13. The Bertz CT molecular complexity index is 799. The SMILES string of the molecule is Cn1nnc(NC(=O)c2cc3ccccc3c(Cl)n2)n1. The second kappa shape index (κ2) is 4.86. The third-order valence-electron chi connectivity index (χ3n) is 2.66. The van der Waals surface area contributed by atoms with Crippen LogP contribution in [0.2, 0.25) is 5.15 Å². The predicted molar refractivity (Wildman–Crippen MR) is 73.5 cm³/mol. The van der Waals surface area contributed by atoms with Crippen molar-refractivity contribution in [3.63, 3.8) is 0 Å². The van der Waals surface area contributed by atoms with E-state index in [1.54, 1.807) is 13.1 Å². The molecule has 0 unspecified atom stereocenters. The van der Waals surface area contributed by atoms with Crippen LogP contribution in [0.3, 0.4) is 0 Å². The van der Waals surface area contributed by atoms with Crippen molar-refractivity contribution in [2.24, 2.45) is 7.05 Å². The van der Waals surface area contributed by atoms with Gasteiger partial charge < -0.3 is 0 Å². The number of benzene rings is 1. The van der Waals surface area contributed by atoms with Crippen molar-refractivity contribution < 1.29 is 4.79 Å². The highest BCUT2D eigenvalue weighted by molar-refractivity contribution is 6.34. The van der Waals surface area contributed by atoms with Gasteiger partial charge in [0.2, 0.25) is 0 Å². The number of pyridine rings is 1. The van der Waals surface area contributed by atoms with Crippen molar-refractivity contribution >= 4 is 34.2 Å². The summed E-state index contributed by atoms with van der Waals surface area (Å²) in [6, 6.07) is 9.09. The molecule has 0 atom stereocenters. The average molecular weight is 289 g/mol. The van der Waals surface area contributed by atoms with Crippen molar-refractivity contribution in [1.29, 1.82) is 0 Å². The van der Waals surface area contributed by atoms with Crippen molar-refractivity contribution in [3.05, 3.63) is 41.2 Å². The van der Waals surface area contributed by atoms with Gasteiger partial charge >= 0.3 is 0 Å². The number of tetrazole rings is 1. The fourth-order valence-electron chi connectivity index (χ4n) is 1.77. The van der Waals surface area contributed by atoms with Gasteiger partial charge in [0.1, 0.15) is 10.8 Å². The Kier molecular flexibility index (Phi) is 3.03. The lowest BCUT2D eigenvalue weighted by Crippen LogP contribution is -2.15. The summed E-state index contributed by atoms with van der Waals surface area (Å²) in [4.78, 5) is 17.4. The molecule has 1 N–H and O–H groups in total. The molecule has 8 heteroatoms. The minimum Gasteiger partial charge on any atom is -0.286 e. The third-order valence-corrected chi connectivity index (χ3v) is 2.95. The van der Waals surface area contributed by atoms with E-state index in [1.165, 1.54) is 4.80 Å². The topological polar surface area (TPSA) is 85.6 Å². The van der Waals surface area contributed by atoms with Gasteiger partial charge in [0.05, 0.1) is 7.05 Å². The number of nitrogens with zero attached hydrogens (tertiary/aromatic N) is 5. The molecule has 1 aromatic carbocycles. The molecule has 0 spiro atoms. The molecule has 3 rings (SSSR count). The van der Waals surface area contributed by atoms with E-state index in [9.17, 15) is 4.79 Å². The summed E-state index contributed by atoms with van der Waals surface area (Å²) in [5, 5.41) is 15.6. The molecule has 0 saturated carbocycles. The van der Waals surface area contributed by atoms with E-state index in [1.807, 2.05) is 24.3 Å². The molecular formula is C12H9ClN6O. The van der Waals surface area contributed by atoms with Crippen LogP contribution in [0.5, 0.6) is 0 Å². The van der Waals surface area contributed by atoms with Crippen LogP contribution in [0.1, 0.15) is 10.5 Å². The number of hydrogen-bond donors (Lipinski definition) is 1. The molecule has 0 bridgehead atoms. The molecule has 7 nitrogen and oxygen atoms in total.